The summed E-state index contributed by atoms with van der Waals surface area (Å²) >= 11 is 0. The van der Waals surface area contributed by atoms with Crippen LogP contribution in [-0.4, -0.2) is 39.2 Å². The maximum absolute atomic E-state index is 14.3. The van der Waals surface area contributed by atoms with Gasteiger partial charge in [-0.2, -0.15) is 0 Å². The first-order chi connectivity index (χ1) is 17.5. The highest BCUT2D eigenvalue weighted by molar-refractivity contribution is 5.99. The van der Waals surface area contributed by atoms with Crippen molar-refractivity contribution in [1.82, 2.24) is 14.5 Å². The van der Waals surface area contributed by atoms with Crippen LogP contribution in [0.5, 0.6) is 5.75 Å². The Morgan fingerprint density at radius 1 is 1.16 bits per heavy atom. The van der Waals surface area contributed by atoms with Gasteiger partial charge in [-0.05, 0) is 69.5 Å². The van der Waals surface area contributed by atoms with Crippen molar-refractivity contribution in [1.29, 1.82) is 0 Å². The highest BCUT2D eigenvalue weighted by atomic mass is 19.1. The first-order valence-corrected chi connectivity index (χ1v) is 13.2. The lowest BCUT2D eigenvalue weighted by atomic mass is 9.81. The van der Waals surface area contributed by atoms with Gasteiger partial charge < -0.3 is 4.74 Å². The predicted molar refractivity (Wildman–Crippen MR) is 144 cm³/mol. The fourth-order valence-electron chi connectivity index (χ4n) is 5.71. The average Bonchev–Trinajstić information content (AvgIpc) is 3.35. The molecule has 1 aromatic heterocycles. The molecule has 1 spiro atoms. The number of ether oxygens (including phenoxy) is 1. The molecule has 7 heteroatoms. The molecular formula is C30H37FN4O2. The second-order valence-corrected chi connectivity index (χ2v) is 11.8. The molecule has 0 aliphatic carbocycles. The van der Waals surface area contributed by atoms with Crippen molar-refractivity contribution in [3.8, 4) is 5.75 Å². The van der Waals surface area contributed by atoms with E-state index in [1.165, 1.54) is 17.7 Å². The number of nitrogens with zero attached hydrogens (tertiary/aromatic N) is 4. The molecule has 0 saturated carbocycles. The van der Waals surface area contributed by atoms with Crippen LogP contribution < -0.4 is 9.64 Å². The summed E-state index contributed by atoms with van der Waals surface area (Å²) in [5, 5.41) is 0. The van der Waals surface area contributed by atoms with Crippen molar-refractivity contribution in [2.24, 2.45) is 0 Å². The van der Waals surface area contributed by atoms with Crippen LogP contribution in [0.1, 0.15) is 71.5 Å². The maximum atomic E-state index is 14.3. The van der Waals surface area contributed by atoms with Crippen molar-refractivity contribution in [2.45, 2.75) is 84.0 Å². The first kappa shape index (κ1) is 25.5. The van der Waals surface area contributed by atoms with E-state index in [2.05, 4.69) is 44.7 Å². The van der Waals surface area contributed by atoms with Crippen LogP contribution in [0.15, 0.2) is 54.7 Å². The SMILES string of the molecule is CC(C)Oc1cccc(CN2CC[C@@]3(C[C@@H]2C)c2nc(C(C)(C)C)cn2C(=O)N3c2cccc(F)c2)c1. The maximum Gasteiger partial charge on any atom is 0.335 e. The van der Waals surface area contributed by atoms with E-state index in [-0.39, 0.29) is 29.4 Å². The molecule has 37 heavy (non-hydrogen) atoms. The molecule has 0 bridgehead atoms. The average molecular weight is 505 g/mol. The predicted octanol–water partition coefficient (Wildman–Crippen LogP) is 6.48. The van der Waals surface area contributed by atoms with Crippen LogP contribution >= 0.6 is 0 Å². The second kappa shape index (κ2) is 9.28. The Hall–Kier alpha value is -3.19. The number of hydrogen-bond donors (Lipinski definition) is 0. The van der Waals surface area contributed by atoms with E-state index in [1.807, 2.05) is 38.2 Å². The summed E-state index contributed by atoms with van der Waals surface area (Å²) in [6.45, 7) is 14.2. The van der Waals surface area contributed by atoms with Gasteiger partial charge in [-0.3, -0.25) is 14.4 Å². The Kier molecular flexibility index (Phi) is 6.39. The normalized spacial score (nSPS) is 22.2. The molecule has 0 radical (unpaired) electrons. The number of fused-ring (bicyclic) bond motifs is 2. The van der Waals surface area contributed by atoms with E-state index in [0.29, 0.717) is 18.5 Å². The fraction of sp³-hybridized carbons (Fsp3) is 0.467. The van der Waals surface area contributed by atoms with Crippen LogP contribution in [0, 0.1) is 5.82 Å². The van der Waals surface area contributed by atoms with Gasteiger partial charge in [-0.15, -0.1) is 0 Å². The summed E-state index contributed by atoms with van der Waals surface area (Å²) < 4.78 is 21.9. The number of carbonyl (C=O) groups excluding carboxylic acids is 1. The molecule has 196 valence electrons. The van der Waals surface area contributed by atoms with E-state index in [0.717, 1.165) is 30.4 Å². The number of imidazole rings is 1. The molecule has 5 rings (SSSR count). The molecule has 1 fully saturated rings. The van der Waals surface area contributed by atoms with Crippen molar-refractivity contribution in [2.75, 3.05) is 11.4 Å². The van der Waals surface area contributed by atoms with Crippen molar-refractivity contribution in [3.63, 3.8) is 0 Å². The molecule has 1 saturated heterocycles. The number of likely N-dealkylation sites (tertiary alicyclic amines) is 1. The molecule has 0 N–H and O–H groups in total. The van der Waals surface area contributed by atoms with Crippen LogP contribution in [-0.2, 0) is 17.5 Å². The third kappa shape index (κ3) is 4.65. The molecule has 0 unspecified atom stereocenters. The van der Waals surface area contributed by atoms with Crippen LogP contribution in [0.3, 0.4) is 0 Å². The molecule has 3 aromatic rings. The molecule has 2 atom stereocenters. The Labute approximate surface area is 219 Å². The summed E-state index contributed by atoms with van der Waals surface area (Å²) in [6.07, 6.45) is 3.41. The highest BCUT2D eigenvalue weighted by Crippen LogP contribution is 2.48. The molecule has 3 heterocycles. The molecule has 2 aliphatic rings. The van der Waals surface area contributed by atoms with E-state index >= 15 is 0 Å². The zero-order valence-corrected chi connectivity index (χ0v) is 22.7. The largest absolute Gasteiger partial charge is 0.491 e. The van der Waals surface area contributed by atoms with Gasteiger partial charge in [0, 0.05) is 36.4 Å². The number of carbonyl (C=O) groups is 1. The lowest BCUT2D eigenvalue weighted by molar-refractivity contribution is 0.0966. The Morgan fingerprint density at radius 2 is 1.92 bits per heavy atom. The van der Waals surface area contributed by atoms with Crippen molar-refractivity contribution < 1.29 is 13.9 Å². The number of aromatic nitrogens is 2. The molecule has 2 aliphatic heterocycles. The Morgan fingerprint density at radius 3 is 2.59 bits per heavy atom. The molecule has 2 aromatic carbocycles. The van der Waals surface area contributed by atoms with Gasteiger partial charge in [-0.1, -0.05) is 39.0 Å². The third-order valence-corrected chi connectivity index (χ3v) is 7.51. The number of anilines is 1. The number of halogens is 1. The van der Waals surface area contributed by atoms with Gasteiger partial charge in [0.25, 0.3) is 0 Å². The Bertz CT molecular complexity index is 1310. The smallest absolute Gasteiger partial charge is 0.335 e. The zero-order valence-electron chi connectivity index (χ0n) is 22.7. The van der Waals surface area contributed by atoms with E-state index in [4.69, 9.17) is 9.72 Å². The van der Waals surface area contributed by atoms with Gasteiger partial charge in [0.1, 0.15) is 22.9 Å². The third-order valence-electron chi connectivity index (χ3n) is 7.51. The summed E-state index contributed by atoms with van der Waals surface area (Å²) in [5.74, 6) is 1.30. The van der Waals surface area contributed by atoms with E-state index in [1.54, 1.807) is 15.5 Å². The summed E-state index contributed by atoms with van der Waals surface area (Å²) in [7, 11) is 0. The fourth-order valence-corrected chi connectivity index (χ4v) is 5.71. The van der Waals surface area contributed by atoms with E-state index < -0.39 is 5.54 Å². The minimum Gasteiger partial charge on any atom is -0.491 e. The number of piperidine rings is 1. The lowest BCUT2D eigenvalue weighted by Crippen LogP contribution is -2.55. The minimum absolute atomic E-state index is 0.124. The van der Waals surface area contributed by atoms with Crippen molar-refractivity contribution >= 4 is 11.7 Å². The van der Waals surface area contributed by atoms with Gasteiger partial charge in [-0.25, -0.2) is 14.2 Å². The molecule has 6 nitrogen and oxygen atoms in total. The van der Waals surface area contributed by atoms with Crippen molar-refractivity contribution in [3.05, 3.63) is 77.6 Å². The standard InChI is InChI=1S/C30H37FN4O2/c1-20(2)37-25-12-7-9-22(15-25)18-33-14-13-30(17-21(33)3)27-32-26(29(4,5)6)19-34(27)28(36)35(30)24-11-8-10-23(31)16-24/h7-12,15-16,19-21H,13-14,17-18H2,1-6H3/t21-,30+/m0/s1. The minimum atomic E-state index is -0.632. The summed E-state index contributed by atoms with van der Waals surface area (Å²) in [5.41, 5.74) is 1.85. The molecular weight excluding hydrogens is 467 g/mol. The van der Waals surface area contributed by atoms with E-state index in [9.17, 15) is 9.18 Å². The molecule has 1 amide bonds. The lowest BCUT2D eigenvalue weighted by Gasteiger charge is -2.47. The quantitative estimate of drug-likeness (QED) is 0.399. The zero-order chi connectivity index (χ0) is 26.5. The van der Waals surface area contributed by atoms with Crippen LogP contribution in [0.2, 0.25) is 0 Å². The monoisotopic (exact) mass is 504 g/mol. The topological polar surface area (TPSA) is 50.6 Å². The van der Waals surface area contributed by atoms with Crippen LogP contribution in [0.25, 0.3) is 0 Å². The summed E-state index contributed by atoms with van der Waals surface area (Å²) in [4.78, 5) is 23.1. The number of hydrogen-bond acceptors (Lipinski definition) is 4. The van der Waals surface area contributed by atoms with Gasteiger partial charge in [0.2, 0.25) is 0 Å². The Balaban J connectivity index is 1.48. The second-order valence-electron chi connectivity index (χ2n) is 11.8. The number of benzene rings is 2. The first-order valence-electron chi connectivity index (χ1n) is 13.2. The number of rotatable bonds is 5. The van der Waals surface area contributed by atoms with Crippen LogP contribution in [0.4, 0.5) is 14.9 Å². The van der Waals surface area contributed by atoms with Gasteiger partial charge >= 0.3 is 6.03 Å². The van der Waals surface area contributed by atoms with Gasteiger partial charge in [0.05, 0.1) is 11.8 Å². The number of amides is 1. The highest BCUT2D eigenvalue weighted by Gasteiger charge is 2.55. The van der Waals surface area contributed by atoms with Gasteiger partial charge in [0.15, 0.2) is 0 Å². The summed E-state index contributed by atoms with van der Waals surface area (Å²) in [6, 6.07) is 14.6.